The molecule has 0 bridgehead atoms. The molecule has 1 aliphatic carbocycles. The van der Waals surface area contributed by atoms with Crippen molar-refractivity contribution in [2.24, 2.45) is 5.73 Å². The Morgan fingerprint density at radius 1 is 1.57 bits per heavy atom. The van der Waals surface area contributed by atoms with Gasteiger partial charge in [-0.1, -0.05) is 27.5 Å². The minimum atomic E-state index is 0.169. The van der Waals surface area contributed by atoms with Crippen LogP contribution in [-0.2, 0) is 5.41 Å². The topological polar surface area (TPSA) is 38.0 Å². The number of halogens is 2. The summed E-state index contributed by atoms with van der Waals surface area (Å²) in [5.41, 5.74) is 8.50. The molecule has 0 radical (unpaired) electrons. The highest BCUT2D eigenvalue weighted by molar-refractivity contribution is 9.10. The smallest absolute Gasteiger partial charge is 0.0651 e. The van der Waals surface area contributed by atoms with Crippen molar-refractivity contribution >= 4 is 33.2 Å². The Bertz CT molecular complexity index is 421. The van der Waals surface area contributed by atoms with Crippen molar-refractivity contribution in [3.63, 3.8) is 0 Å². The number of rotatable bonds is 0. The lowest BCUT2D eigenvalue weighted by atomic mass is 9.98. The van der Waals surface area contributed by atoms with E-state index < -0.39 is 0 Å². The quantitative estimate of drug-likeness (QED) is 0.762. The number of nitrogens with two attached hydrogens (primary N) is 1. The molecule has 14 heavy (non-hydrogen) atoms. The van der Waals surface area contributed by atoms with Crippen molar-refractivity contribution in [1.29, 1.82) is 0 Å². The second kappa shape index (κ2) is 2.65. The summed E-state index contributed by atoms with van der Waals surface area (Å²) in [6, 6.07) is 4.34. The van der Waals surface area contributed by atoms with Crippen LogP contribution in [0.5, 0.6) is 0 Å². The number of nitrogens with one attached hydrogen (secondary N) is 1. The summed E-state index contributed by atoms with van der Waals surface area (Å²) in [6.07, 6.45) is 1.07. The van der Waals surface area contributed by atoms with Gasteiger partial charge in [0.2, 0.25) is 0 Å². The fourth-order valence-electron chi connectivity index (χ4n) is 2.33. The first-order valence-electron chi connectivity index (χ1n) is 4.62. The Morgan fingerprint density at radius 2 is 2.29 bits per heavy atom. The van der Waals surface area contributed by atoms with Crippen LogP contribution in [0.2, 0.25) is 5.02 Å². The highest BCUT2D eigenvalue weighted by Gasteiger charge is 2.57. The lowest BCUT2D eigenvalue weighted by molar-refractivity contribution is 0.733. The molecule has 2 aliphatic rings. The third-order valence-electron chi connectivity index (χ3n) is 3.31. The maximum Gasteiger partial charge on any atom is 0.0651 e. The molecule has 1 fully saturated rings. The Hall–Kier alpha value is -0.250. The number of fused-ring (bicyclic) bond motifs is 2. The van der Waals surface area contributed by atoms with E-state index in [4.69, 9.17) is 17.3 Å². The molecule has 0 amide bonds. The van der Waals surface area contributed by atoms with Gasteiger partial charge >= 0.3 is 0 Å². The molecule has 1 heterocycles. The summed E-state index contributed by atoms with van der Waals surface area (Å²) in [6.45, 7) is 0.930. The molecule has 1 spiro atoms. The van der Waals surface area contributed by atoms with Crippen LogP contribution in [-0.4, -0.2) is 12.6 Å². The van der Waals surface area contributed by atoms with Gasteiger partial charge in [0.25, 0.3) is 0 Å². The van der Waals surface area contributed by atoms with E-state index in [0.29, 0.717) is 6.04 Å². The minimum Gasteiger partial charge on any atom is -0.383 e. The average Bonchev–Trinajstić information content (AvgIpc) is 2.59. The molecule has 1 aromatic rings. The van der Waals surface area contributed by atoms with Crippen LogP contribution in [0.15, 0.2) is 16.6 Å². The van der Waals surface area contributed by atoms with Crippen LogP contribution in [0, 0.1) is 0 Å². The zero-order valence-corrected chi connectivity index (χ0v) is 9.82. The summed E-state index contributed by atoms with van der Waals surface area (Å²) in [5.74, 6) is 0. The predicted octanol–water partition coefficient (Wildman–Crippen LogP) is 2.50. The highest BCUT2D eigenvalue weighted by Crippen LogP contribution is 2.55. The first-order valence-corrected chi connectivity index (χ1v) is 5.79. The van der Waals surface area contributed by atoms with Crippen molar-refractivity contribution in [2.45, 2.75) is 17.9 Å². The SMILES string of the molecule is NC1CC12CNc1c(Cl)cc(Br)cc12. The molecule has 2 atom stereocenters. The van der Waals surface area contributed by atoms with Crippen molar-refractivity contribution in [1.82, 2.24) is 0 Å². The molecule has 4 heteroatoms. The summed E-state index contributed by atoms with van der Waals surface area (Å²) >= 11 is 9.61. The lowest BCUT2D eigenvalue weighted by Gasteiger charge is -2.08. The number of hydrogen-bond acceptors (Lipinski definition) is 2. The van der Waals surface area contributed by atoms with E-state index in [1.807, 2.05) is 6.07 Å². The van der Waals surface area contributed by atoms with Crippen LogP contribution < -0.4 is 11.1 Å². The van der Waals surface area contributed by atoms with Gasteiger partial charge in [0, 0.05) is 22.5 Å². The number of benzene rings is 1. The zero-order chi connectivity index (χ0) is 9.92. The third kappa shape index (κ3) is 1.01. The molecular formula is C10H10BrClN2. The van der Waals surface area contributed by atoms with Gasteiger partial charge in [-0.3, -0.25) is 0 Å². The molecule has 3 N–H and O–H groups in total. The van der Waals surface area contributed by atoms with E-state index in [9.17, 15) is 0 Å². The van der Waals surface area contributed by atoms with Gasteiger partial charge in [0.05, 0.1) is 10.7 Å². The third-order valence-corrected chi connectivity index (χ3v) is 4.06. The van der Waals surface area contributed by atoms with Crippen molar-refractivity contribution in [3.8, 4) is 0 Å². The molecule has 2 nitrogen and oxygen atoms in total. The first-order chi connectivity index (χ1) is 6.63. The van der Waals surface area contributed by atoms with E-state index >= 15 is 0 Å². The maximum absolute atomic E-state index is 6.14. The summed E-state index contributed by atoms with van der Waals surface area (Å²) in [4.78, 5) is 0. The monoisotopic (exact) mass is 272 g/mol. The average molecular weight is 274 g/mol. The second-order valence-corrected chi connectivity index (χ2v) is 5.45. The van der Waals surface area contributed by atoms with Crippen molar-refractivity contribution in [2.75, 3.05) is 11.9 Å². The molecule has 1 aromatic carbocycles. The van der Waals surface area contributed by atoms with Gasteiger partial charge in [-0.05, 0) is 24.1 Å². The van der Waals surface area contributed by atoms with Gasteiger partial charge in [0.15, 0.2) is 0 Å². The van der Waals surface area contributed by atoms with Gasteiger partial charge in [-0.25, -0.2) is 0 Å². The zero-order valence-electron chi connectivity index (χ0n) is 7.48. The highest BCUT2D eigenvalue weighted by atomic mass is 79.9. The summed E-state index contributed by atoms with van der Waals surface area (Å²) < 4.78 is 1.03. The first kappa shape index (κ1) is 9.01. The predicted molar refractivity (Wildman–Crippen MR) is 61.9 cm³/mol. The molecule has 2 unspecified atom stereocenters. The van der Waals surface area contributed by atoms with Crippen LogP contribution in [0.25, 0.3) is 0 Å². The van der Waals surface area contributed by atoms with Gasteiger partial charge in [0.1, 0.15) is 0 Å². The second-order valence-electron chi connectivity index (χ2n) is 4.13. The summed E-state index contributed by atoms with van der Waals surface area (Å²) in [7, 11) is 0. The van der Waals surface area contributed by atoms with Gasteiger partial charge in [-0.15, -0.1) is 0 Å². The summed E-state index contributed by atoms with van der Waals surface area (Å²) in [5, 5.41) is 4.13. The molecular weight excluding hydrogens is 263 g/mol. The maximum atomic E-state index is 6.14. The fraction of sp³-hybridized carbons (Fsp3) is 0.400. The van der Waals surface area contributed by atoms with E-state index in [-0.39, 0.29) is 5.41 Å². The molecule has 1 saturated carbocycles. The Balaban J connectivity index is 2.20. The molecule has 0 aromatic heterocycles. The van der Waals surface area contributed by atoms with E-state index in [0.717, 1.165) is 28.1 Å². The normalized spacial score (nSPS) is 32.9. The van der Waals surface area contributed by atoms with E-state index in [1.54, 1.807) is 0 Å². The fourth-order valence-corrected chi connectivity index (χ4v) is 3.21. The van der Waals surface area contributed by atoms with Gasteiger partial charge < -0.3 is 11.1 Å². The standard InChI is InChI=1S/C10H10BrClN2/c11-5-1-6-9(7(12)2-5)14-4-10(6)3-8(10)13/h1-2,8,14H,3-4,13H2. The largest absolute Gasteiger partial charge is 0.383 e. The van der Waals surface area contributed by atoms with Crippen LogP contribution in [0.1, 0.15) is 12.0 Å². The van der Waals surface area contributed by atoms with Gasteiger partial charge in [-0.2, -0.15) is 0 Å². The molecule has 1 aliphatic heterocycles. The Morgan fingerprint density at radius 3 is 2.93 bits per heavy atom. The Labute approximate surface area is 95.9 Å². The van der Waals surface area contributed by atoms with Crippen LogP contribution in [0.4, 0.5) is 5.69 Å². The van der Waals surface area contributed by atoms with Crippen LogP contribution in [0.3, 0.4) is 0 Å². The number of anilines is 1. The molecule has 3 rings (SSSR count). The minimum absolute atomic E-state index is 0.169. The van der Waals surface area contributed by atoms with Crippen molar-refractivity contribution < 1.29 is 0 Å². The van der Waals surface area contributed by atoms with E-state index in [2.05, 4.69) is 27.3 Å². The van der Waals surface area contributed by atoms with Crippen molar-refractivity contribution in [3.05, 3.63) is 27.2 Å². The van der Waals surface area contributed by atoms with E-state index in [1.165, 1.54) is 5.56 Å². The van der Waals surface area contributed by atoms with Crippen LogP contribution >= 0.6 is 27.5 Å². The Kier molecular flexibility index (Phi) is 1.71. The lowest BCUT2D eigenvalue weighted by Crippen LogP contribution is -2.20. The number of hydrogen-bond donors (Lipinski definition) is 2. The molecule has 0 saturated heterocycles. The molecule has 74 valence electrons.